The monoisotopic (exact) mass is 415 g/mol. The zero-order valence-electron chi connectivity index (χ0n) is 15.9. The predicted octanol–water partition coefficient (Wildman–Crippen LogP) is 2.50. The van der Waals surface area contributed by atoms with Gasteiger partial charge in [0, 0.05) is 36.4 Å². The number of rotatable bonds is 5. The van der Waals surface area contributed by atoms with Crippen LogP contribution >= 0.6 is 0 Å². The van der Waals surface area contributed by atoms with Crippen molar-refractivity contribution < 1.29 is 22.7 Å². The molecule has 1 atom stereocenters. The lowest BCUT2D eigenvalue weighted by atomic mass is 10.1. The quantitative estimate of drug-likeness (QED) is 0.643. The van der Waals surface area contributed by atoms with Crippen LogP contribution in [0.3, 0.4) is 0 Å². The summed E-state index contributed by atoms with van der Waals surface area (Å²) in [5.74, 6) is -0.630. The van der Waals surface area contributed by atoms with Crippen LogP contribution in [0.2, 0.25) is 0 Å². The Balaban J connectivity index is 1.48. The minimum absolute atomic E-state index is 0.0337. The molecule has 0 bridgehead atoms. The van der Waals surface area contributed by atoms with Crippen LogP contribution < -0.4 is 0 Å². The Labute approximate surface area is 168 Å². The molecule has 1 saturated heterocycles. The number of pyridine rings is 1. The molecule has 3 heterocycles. The summed E-state index contributed by atoms with van der Waals surface area (Å²) < 4.78 is 37.4. The van der Waals surface area contributed by atoms with E-state index in [1.54, 1.807) is 13.1 Å². The number of nitrogens with one attached hydrogen (secondary N) is 1. The molecule has 0 spiro atoms. The molecule has 0 aliphatic carbocycles. The van der Waals surface area contributed by atoms with E-state index in [4.69, 9.17) is 9.47 Å². The first-order valence-electron chi connectivity index (χ1n) is 9.27. The maximum atomic E-state index is 12.7. The summed E-state index contributed by atoms with van der Waals surface area (Å²) in [4.78, 5) is 19.6. The second-order valence-electron chi connectivity index (χ2n) is 6.77. The van der Waals surface area contributed by atoms with Crippen LogP contribution in [0.15, 0.2) is 53.7 Å². The van der Waals surface area contributed by atoms with E-state index in [2.05, 4.69) is 9.97 Å². The van der Waals surface area contributed by atoms with Crippen molar-refractivity contribution in [2.45, 2.75) is 17.9 Å². The molecule has 1 N–H and O–H groups in total. The van der Waals surface area contributed by atoms with Crippen molar-refractivity contribution in [1.82, 2.24) is 14.3 Å². The molecule has 8 nitrogen and oxygen atoms in total. The third kappa shape index (κ3) is 4.02. The minimum atomic E-state index is -3.68. The van der Waals surface area contributed by atoms with Gasteiger partial charge in [-0.05, 0) is 25.1 Å². The summed E-state index contributed by atoms with van der Waals surface area (Å²) in [6, 6.07) is 10.9. The highest BCUT2D eigenvalue weighted by Crippen LogP contribution is 2.23. The van der Waals surface area contributed by atoms with Crippen molar-refractivity contribution in [2.24, 2.45) is 0 Å². The minimum Gasteiger partial charge on any atom is -0.453 e. The molecule has 29 heavy (non-hydrogen) atoms. The number of H-pyrrole nitrogens is 1. The molecule has 0 saturated carbocycles. The van der Waals surface area contributed by atoms with Gasteiger partial charge in [-0.15, -0.1) is 0 Å². The molecule has 0 amide bonds. The average molecular weight is 415 g/mol. The number of para-hydroxylation sites is 1. The molecule has 152 valence electrons. The van der Waals surface area contributed by atoms with Gasteiger partial charge in [0.1, 0.15) is 16.7 Å². The van der Waals surface area contributed by atoms with Crippen LogP contribution in [0, 0.1) is 0 Å². The Hall–Kier alpha value is -2.75. The lowest BCUT2D eigenvalue weighted by molar-refractivity contribution is 0.0331. The van der Waals surface area contributed by atoms with Gasteiger partial charge in [0.2, 0.25) is 10.0 Å². The van der Waals surface area contributed by atoms with E-state index in [9.17, 15) is 13.2 Å². The number of carbonyl (C=O) groups excluding carboxylic acids is 1. The largest absolute Gasteiger partial charge is 0.453 e. The van der Waals surface area contributed by atoms with Crippen molar-refractivity contribution in [3.8, 4) is 0 Å². The standard InChI is InChI=1S/C20H21N3O5S/c1-14(16-10-15-4-2-3-5-18(15)21-12-16)28-20(24)19-11-17(13-22-19)29(25,26)23-6-8-27-9-7-23/h2-5,10-14,22H,6-9H2,1H3. The Morgan fingerprint density at radius 2 is 2.00 bits per heavy atom. The lowest BCUT2D eigenvalue weighted by Crippen LogP contribution is -2.40. The molecule has 1 aliphatic rings. The van der Waals surface area contributed by atoms with Gasteiger partial charge in [-0.25, -0.2) is 13.2 Å². The van der Waals surface area contributed by atoms with Gasteiger partial charge in [-0.2, -0.15) is 4.31 Å². The fourth-order valence-corrected chi connectivity index (χ4v) is 4.58. The first-order valence-corrected chi connectivity index (χ1v) is 10.7. The van der Waals surface area contributed by atoms with Gasteiger partial charge >= 0.3 is 5.97 Å². The molecule has 0 radical (unpaired) electrons. The van der Waals surface area contributed by atoms with Crippen LogP contribution in [0.1, 0.15) is 29.1 Å². The van der Waals surface area contributed by atoms with Crippen LogP contribution in [0.25, 0.3) is 10.9 Å². The second-order valence-corrected chi connectivity index (χ2v) is 8.71. The second kappa shape index (κ2) is 7.94. The molecular weight excluding hydrogens is 394 g/mol. The van der Waals surface area contributed by atoms with Crippen molar-refractivity contribution in [3.05, 3.63) is 60.0 Å². The fraction of sp³-hybridized carbons (Fsp3) is 0.300. The number of esters is 1. The summed E-state index contributed by atoms with van der Waals surface area (Å²) in [6.45, 7) is 3.04. The zero-order valence-corrected chi connectivity index (χ0v) is 16.7. The van der Waals surface area contributed by atoms with Gasteiger partial charge in [0.15, 0.2) is 0 Å². The number of nitrogens with zero attached hydrogens (tertiary/aromatic N) is 2. The molecule has 2 aromatic heterocycles. The summed E-state index contributed by atoms with van der Waals surface area (Å²) in [6.07, 6.45) is 2.44. The van der Waals surface area contributed by atoms with Crippen LogP contribution in [0.4, 0.5) is 0 Å². The van der Waals surface area contributed by atoms with E-state index in [0.29, 0.717) is 26.3 Å². The fourth-order valence-electron chi connectivity index (χ4n) is 3.18. The van der Waals surface area contributed by atoms with E-state index in [0.717, 1.165) is 16.5 Å². The topological polar surface area (TPSA) is 102 Å². The van der Waals surface area contributed by atoms with Crippen LogP contribution in [0.5, 0.6) is 0 Å². The number of sulfonamides is 1. The molecule has 1 aliphatic heterocycles. The maximum Gasteiger partial charge on any atom is 0.355 e. The lowest BCUT2D eigenvalue weighted by Gasteiger charge is -2.25. The Morgan fingerprint density at radius 1 is 1.24 bits per heavy atom. The van der Waals surface area contributed by atoms with Gasteiger partial charge in [-0.3, -0.25) is 4.98 Å². The van der Waals surface area contributed by atoms with E-state index in [1.165, 1.54) is 16.6 Å². The Kier molecular flexibility index (Phi) is 5.35. The normalized spacial score (nSPS) is 16.6. The number of hydrogen-bond acceptors (Lipinski definition) is 6. The van der Waals surface area contributed by atoms with E-state index < -0.39 is 22.1 Å². The number of fused-ring (bicyclic) bond motifs is 1. The first-order chi connectivity index (χ1) is 13.9. The smallest absolute Gasteiger partial charge is 0.355 e. The Bertz CT molecular complexity index is 1140. The number of ether oxygens (including phenoxy) is 2. The van der Waals surface area contributed by atoms with Crippen molar-refractivity contribution in [3.63, 3.8) is 0 Å². The average Bonchev–Trinajstić information content (AvgIpc) is 3.25. The third-order valence-electron chi connectivity index (χ3n) is 4.85. The predicted molar refractivity (Wildman–Crippen MR) is 106 cm³/mol. The summed E-state index contributed by atoms with van der Waals surface area (Å²) in [5.41, 5.74) is 1.69. The van der Waals surface area contributed by atoms with E-state index in [-0.39, 0.29) is 10.6 Å². The van der Waals surface area contributed by atoms with Gasteiger partial charge in [0.05, 0.1) is 18.7 Å². The molecule has 4 rings (SSSR count). The summed E-state index contributed by atoms with van der Waals surface area (Å²) >= 11 is 0. The molecule has 1 aromatic carbocycles. The van der Waals surface area contributed by atoms with Gasteiger partial charge < -0.3 is 14.5 Å². The third-order valence-corrected chi connectivity index (χ3v) is 6.73. The number of morpholine rings is 1. The van der Waals surface area contributed by atoms with Crippen molar-refractivity contribution >= 4 is 26.9 Å². The van der Waals surface area contributed by atoms with Crippen LogP contribution in [-0.2, 0) is 19.5 Å². The number of aromatic nitrogens is 2. The molecule has 3 aromatic rings. The maximum absolute atomic E-state index is 12.7. The number of benzene rings is 1. The first kappa shape index (κ1) is 19.6. The summed E-state index contributed by atoms with van der Waals surface area (Å²) in [5, 5.41) is 0.951. The number of carbonyl (C=O) groups is 1. The van der Waals surface area contributed by atoms with Crippen molar-refractivity contribution in [2.75, 3.05) is 26.3 Å². The summed E-state index contributed by atoms with van der Waals surface area (Å²) in [7, 11) is -3.68. The molecular formula is C20H21N3O5S. The zero-order chi connectivity index (χ0) is 20.4. The SMILES string of the molecule is CC(OC(=O)c1cc(S(=O)(=O)N2CCOCC2)c[nH]1)c1cnc2ccccc2c1. The van der Waals surface area contributed by atoms with E-state index in [1.807, 2.05) is 30.3 Å². The van der Waals surface area contributed by atoms with Crippen molar-refractivity contribution in [1.29, 1.82) is 0 Å². The highest BCUT2D eigenvalue weighted by Gasteiger charge is 2.28. The number of hydrogen-bond donors (Lipinski definition) is 1. The highest BCUT2D eigenvalue weighted by molar-refractivity contribution is 7.89. The highest BCUT2D eigenvalue weighted by atomic mass is 32.2. The Morgan fingerprint density at radius 3 is 2.79 bits per heavy atom. The van der Waals surface area contributed by atoms with E-state index >= 15 is 0 Å². The van der Waals surface area contributed by atoms with Crippen LogP contribution in [-0.4, -0.2) is 55.0 Å². The number of aromatic amines is 1. The van der Waals surface area contributed by atoms with Gasteiger partial charge in [0.25, 0.3) is 0 Å². The van der Waals surface area contributed by atoms with Gasteiger partial charge in [-0.1, -0.05) is 18.2 Å². The molecule has 9 heteroatoms. The molecule has 1 unspecified atom stereocenters. The molecule has 1 fully saturated rings.